The Balaban J connectivity index is 2.10. The van der Waals surface area contributed by atoms with E-state index in [4.69, 9.17) is 21.1 Å². The Kier molecular flexibility index (Phi) is 5.73. The third kappa shape index (κ3) is 3.70. The van der Waals surface area contributed by atoms with Gasteiger partial charge in [0, 0.05) is 6.54 Å². The number of rotatable bonds is 6. The second-order valence-electron chi connectivity index (χ2n) is 5.63. The lowest BCUT2D eigenvalue weighted by molar-refractivity contribution is -0.128. The fraction of sp³-hybridized carbons (Fsp3) is 0.529. The zero-order valence-electron chi connectivity index (χ0n) is 13.4. The van der Waals surface area contributed by atoms with Gasteiger partial charge in [-0.1, -0.05) is 24.4 Å². The lowest BCUT2D eigenvalue weighted by Gasteiger charge is -2.19. The van der Waals surface area contributed by atoms with Gasteiger partial charge in [-0.3, -0.25) is 4.79 Å². The first-order valence-electron chi connectivity index (χ1n) is 7.75. The normalized spacial score (nSPS) is 15.7. The Morgan fingerprint density at radius 3 is 2.70 bits per heavy atom. The van der Waals surface area contributed by atoms with Gasteiger partial charge in [0.2, 0.25) is 5.91 Å². The van der Waals surface area contributed by atoms with Crippen molar-refractivity contribution in [1.29, 1.82) is 5.26 Å². The zero-order chi connectivity index (χ0) is 16.9. The molecule has 0 heterocycles. The number of nitrogens with one attached hydrogen (secondary N) is 1. The van der Waals surface area contributed by atoms with Gasteiger partial charge in [0.05, 0.1) is 24.8 Å². The number of halogens is 1. The summed E-state index contributed by atoms with van der Waals surface area (Å²) in [6.45, 7) is 2.65. The van der Waals surface area contributed by atoms with E-state index in [0.717, 1.165) is 18.4 Å². The highest BCUT2D eigenvalue weighted by Crippen LogP contribution is 2.38. The van der Waals surface area contributed by atoms with Gasteiger partial charge >= 0.3 is 0 Å². The Bertz CT molecular complexity index is 619. The predicted molar refractivity (Wildman–Crippen MR) is 87.5 cm³/mol. The number of hydrogen-bond acceptors (Lipinski definition) is 4. The van der Waals surface area contributed by atoms with Crippen LogP contribution in [0.5, 0.6) is 11.5 Å². The van der Waals surface area contributed by atoms with E-state index in [1.165, 1.54) is 0 Å². The maximum absolute atomic E-state index is 12.4. The van der Waals surface area contributed by atoms with E-state index in [1.807, 2.05) is 6.92 Å². The molecule has 1 fully saturated rings. The molecule has 1 aliphatic rings. The van der Waals surface area contributed by atoms with Crippen molar-refractivity contribution in [3.8, 4) is 17.6 Å². The Labute approximate surface area is 141 Å². The SMILES string of the molecule is CCOc1c(Cl)cc(CNC(=O)C2(C#N)CCCC2)cc1OC. The molecule has 0 atom stereocenters. The molecule has 1 amide bonds. The summed E-state index contributed by atoms with van der Waals surface area (Å²) < 4.78 is 10.8. The first-order valence-corrected chi connectivity index (χ1v) is 8.13. The van der Waals surface area contributed by atoms with Crippen LogP contribution in [0.1, 0.15) is 38.2 Å². The topological polar surface area (TPSA) is 71.3 Å². The molecule has 1 aromatic carbocycles. The molecule has 0 bridgehead atoms. The Hall–Kier alpha value is -1.93. The minimum absolute atomic E-state index is 0.207. The van der Waals surface area contributed by atoms with Crippen LogP contribution in [-0.2, 0) is 11.3 Å². The molecule has 0 radical (unpaired) electrons. The second-order valence-corrected chi connectivity index (χ2v) is 6.03. The molecule has 0 unspecified atom stereocenters. The molecule has 0 saturated heterocycles. The summed E-state index contributed by atoms with van der Waals surface area (Å²) in [4.78, 5) is 12.4. The number of ether oxygens (including phenoxy) is 2. The molecule has 0 aliphatic heterocycles. The highest BCUT2D eigenvalue weighted by atomic mass is 35.5. The molecule has 5 nitrogen and oxygen atoms in total. The molecule has 1 N–H and O–H groups in total. The van der Waals surface area contributed by atoms with E-state index < -0.39 is 5.41 Å². The van der Waals surface area contributed by atoms with Gasteiger partial charge < -0.3 is 14.8 Å². The molecule has 2 rings (SSSR count). The van der Waals surface area contributed by atoms with Crippen molar-refractivity contribution >= 4 is 17.5 Å². The van der Waals surface area contributed by atoms with Crippen molar-refractivity contribution < 1.29 is 14.3 Å². The van der Waals surface area contributed by atoms with Gasteiger partial charge in [0.1, 0.15) is 5.41 Å². The number of carbonyl (C=O) groups excluding carboxylic acids is 1. The first-order chi connectivity index (χ1) is 11.1. The highest BCUT2D eigenvalue weighted by Gasteiger charge is 2.41. The molecule has 124 valence electrons. The Morgan fingerprint density at radius 2 is 2.13 bits per heavy atom. The molecule has 23 heavy (non-hydrogen) atoms. The molecular weight excluding hydrogens is 316 g/mol. The van der Waals surface area contributed by atoms with Crippen LogP contribution in [0, 0.1) is 16.7 Å². The average molecular weight is 337 g/mol. The van der Waals surface area contributed by atoms with Gasteiger partial charge in [0.15, 0.2) is 11.5 Å². The first kappa shape index (κ1) is 17.4. The zero-order valence-corrected chi connectivity index (χ0v) is 14.2. The summed E-state index contributed by atoms with van der Waals surface area (Å²) in [5, 5.41) is 12.6. The van der Waals surface area contributed by atoms with Crippen LogP contribution >= 0.6 is 11.6 Å². The molecule has 0 spiro atoms. The fourth-order valence-electron chi connectivity index (χ4n) is 2.88. The van der Waals surface area contributed by atoms with Crippen LogP contribution in [0.3, 0.4) is 0 Å². The maximum atomic E-state index is 12.4. The summed E-state index contributed by atoms with van der Waals surface area (Å²) in [6, 6.07) is 5.71. The van der Waals surface area contributed by atoms with E-state index in [1.54, 1.807) is 19.2 Å². The Morgan fingerprint density at radius 1 is 1.43 bits per heavy atom. The van der Waals surface area contributed by atoms with Crippen molar-refractivity contribution in [2.75, 3.05) is 13.7 Å². The summed E-state index contributed by atoms with van der Waals surface area (Å²) in [6.07, 6.45) is 3.10. The number of nitriles is 1. The molecule has 0 aromatic heterocycles. The van der Waals surface area contributed by atoms with Gasteiger partial charge in [-0.05, 0) is 37.5 Å². The van der Waals surface area contributed by atoms with Crippen molar-refractivity contribution in [3.63, 3.8) is 0 Å². The van der Waals surface area contributed by atoms with Gasteiger partial charge in [-0.25, -0.2) is 0 Å². The number of methoxy groups -OCH3 is 1. The van der Waals surface area contributed by atoms with Crippen LogP contribution < -0.4 is 14.8 Å². The number of nitrogens with zero attached hydrogens (tertiary/aromatic N) is 1. The van der Waals surface area contributed by atoms with Crippen LogP contribution in [0.15, 0.2) is 12.1 Å². The van der Waals surface area contributed by atoms with Gasteiger partial charge in [-0.2, -0.15) is 5.26 Å². The monoisotopic (exact) mass is 336 g/mol. The van der Waals surface area contributed by atoms with E-state index in [9.17, 15) is 10.1 Å². The van der Waals surface area contributed by atoms with Crippen molar-refractivity contribution in [1.82, 2.24) is 5.32 Å². The quantitative estimate of drug-likeness (QED) is 0.863. The number of benzene rings is 1. The van der Waals surface area contributed by atoms with Gasteiger partial charge in [0.25, 0.3) is 0 Å². The predicted octanol–water partition coefficient (Wildman–Crippen LogP) is 3.45. The summed E-state index contributed by atoms with van der Waals surface area (Å²) in [5.74, 6) is 0.817. The van der Waals surface area contributed by atoms with Crippen molar-refractivity contribution in [2.24, 2.45) is 5.41 Å². The highest BCUT2D eigenvalue weighted by molar-refractivity contribution is 6.32. The van der Waals surface area contributed by atoms with Crippen LogP contribution in [0.2, 0.25) is 5.02 Å². The molecular formula is C17H21ClN2O3. The number of hydrogen-bond donors (Lipinski definition) is 1. The van der Waals surface area contributed by atoms with E-state index in [-0.39, 0.29) is 5.91 Å². The average Bonchev–Trinajstić information content (AvgIpc) is 3.05. The van der Waals surface area contributed by atoms with E-state index >= 15 is 0 Å². The standard InChI is InChI=1S/C17H21ClN2O3/c1-3-23-15-13(18)8-12(9-14(15)22-2)10-20-16(21)17(11-19)6-4-5-7-17/h8-9H,3-7,10H2,1-2H3,(H,20,21). The number of amides is 1. The van der Waals surface area contributed by atoms with Crippen molar-refractivity contribution in [3.05, 3.63) is 22.7 Å². The molecule has 1 saturated carbocycles. The largest absolute Gasteiger partial charge is 0.493 e. The van der Waals surface area contributed by atoms with Crippen molar-refractivity contribution in [2.45, 2.75) is 39.2 Å². The lowest BCUT2D eigenvalue weighted by atomic mass is 9.87. The van der Waals surface area contributed by atoms with Crippen LogP contribution in [0.25, 0.3) is 0 Å². The van der Waals surface area contributed by atoms with Gasteiger partial charge in [-0.15, -0.1) is 0 Å². The fourth-order valence-corrected chi connectivity index (χ4v) is 3.17. The lowest BCUT2D eigenvalue weighted by Crippen LogP contribution is -2.37. The summed E-state index contributed by atoms with van der Waals surface area (Å²) in [7, 11) is 1.54. The molecule has 1 aromatic rings. The molecule has 1 aliphatic carbocycles. The van der Waals surface area contributed by atoms with Crippen LogP contribution in [0.4, 0.5) is 0 Å². The summed E-state index contributed by atoms with van der Waals surface area (Å²) >= 11 is 6.22. The minimum Gasteiger partial charge on any atom is -0.493 e. The minimum atomic E-state index is -0.876. The van der Waals surface area contributed by atoms with E-state index in [0.29, 0.717) is 42.5 Å². The maximum Gasteiger partial charge on any atom is 0.240 e. The third-order valence-electron chi connectivity index (χ3n) is 4.14. The smallest absolute Gasteiger partial charge is 0.240 e. The van der Waals surface area contributed by atoms with Crippen LogP contribution in [-0.4, -0.2) is 19.6 Å². The number of carbonyl (C=O) groups is 1. The molecule has 6 heteroatoms. The second kappa shape index (κ2) is 7.56. The van der Waals surface area contributed by atoms with E-state index in [2.05, 4.69) is 11.4 Å². The summed E-state index contributed by atoms with van der Waals surface area (Å²) in [5.41, 5.74) is -0.0752. The third-order valence-corrected chi connectivity index (χ3v) is 4.42.